The molecule has 0 bridgehead atoms. The van der Waals surface area contributed by atoms with E-state index in [-0.39, 0.29) is 18.8 Å². The van der Waals surface area contributed by atoms with Crippen molar-refractivity contribution >= 4 is 17.2 Å². The third kappa shape index (κ3) is 4.65. The van der Waals surface area contributed by atoms with Crippen molar-refractivity contribution in [2.45, 2.75) is 26.1 Å². The number of halogens is 4. The zero-order valence-electron chi connectivity index (χ0n) is 17.1. The molecular weight excluding hydrogens is 448 g/mol. The summed E-state index contributed by atoms with van der Waals surface area (Å²) in [4.78, 5) is 20.9. The molecule has 1 aromatic carbocycles. The van der Waals surface area contributed by atoms with Crippen molar-refractivity contribution in [3.63, 3.8) is 0 Å². The van der Waals surface area contributed by atoms with Gasteiger partial charge >= 0.3 is 6.18 Å². The first-order valence-electron chi connectivity index (χ1n) is 10.00. The molecule has 7 nitrogen and oxygen atoms in total. The molecule has 0 aliphatic carbocycles. The van der Waals surface area contributed by atoms with Crippen LogP contribution in [0.2, 0.25) is 0 Å². The number of carbonyl (C=O) groups excluding carboxylic acids is 1. The van der Waals surface area contributed by atoms with Gasteiger partial charge < -0.3 is 4.90 Å². The van der Waals surface area contributed by atoms with Crippen LogP contribution in [-0.4, -0.2) is 61.9 Å². The van der Waals surface area contributed by atoms with Crippen molar-refractivity contribution < 1.29 is 22.4 Å². The van der Waals surface area contributed by atoms with Gasteiger partial charge in [0.25, 0.3) is 5.91 Å². The van der Waals surface area contributed by atoms with Crippen molar-refractivity contribution in [2.24, 2.45) is 0 Å². The van der Waals surface area contributed by atoms with Crippen molar-refractivity contribution in [2.75, 3.05) is 26.2 Å². The Morgan fingerprint density at radius 3 is 2.41 bits per heavy atom. The predicted molar refractivity (Wildman–Crippen MR) is 109 cm³/mol. The van der Waals surface area contributed by atoms with Crippen LogP contribution in [0.1, 0.15) is 33.8 Å². The number of hydrogen-bond donors (Lipinski definition) is 0. The number of alkyl halides is 3. The number of amides is 1. The Hall–Kier alpha value is -2.86. The van der Waals surface area contributed by atoms with Crippen LogP contribution in [0.25, 0.3) is 5.69 Å². The monoisotopic (exact) mass is 468 g/mol. The van der Waals surface area contributed by atoms with Gasteiger partial charge in [0.15, 0.2) is 11.4 Å². The molecule has 1 aliphatic rings. The third-order valence-electron chi connectivity index (χ3n) is 5.16. The van der Waals surface area contributed by atoms with E-state index in [1.165, 1.54) is 4.90 Å². The molecule has 0 spiro atoms. The summed E-state index contributed by atoms with van der Waals surface area (Å²) in [6.45, 7) is 4.23. The lowest BCUT2D eigenvalue weighted by Gasteiger charge is -2.34. The molecule has 0 unspecified atom stereocenters. The van der Waals surface area contributed by atoms with Crippen LogP contribution in [0, 0.1) is 5.82 Å². The van der Waals surface area contributed by atoms with Crippen molar-refractivity contribution in [1.29, 1.82) is 0 Å². The minimum absolute atomic E-state index is 0.0372. The Bertz CT molecular complexity index is 1090. The Morgan fingerprint density at radius 2 is 1.81 bits per heavy atom. The number of aryl methyl sites for hydroxylation is 1. The van der Waals surface area contributed by atoms with Gasteiger partial charge in [-0.25, -0.2) is 14.1 Å². The highest BCUT2D eigenvalue weighted by molar-refractivity contribution is 7.09. The van der Waals surface area contributed by atoms with Gasteiger partial charge in [-0.05, 0) is 30.7 Å². The van der Waals surface area contributed by atoms with Crippen LogP contribution in [0.4, 0.5) is 17.6 Å². The van der Waals surface area contributed by atoms with Gasteiger partial charge in [0.05, 0.1) is 16.4 Å². The maximum absolute atomic E-state index is 13.8. The van der Waals surface area contributed by atoms with Gasteiger partial charge in [0, 0.05) is 38.1 Å². The number of hydrogen-bond acceptors (Lipinski definition) is 6. The summed E-state index contributed by atoms with van der Waals surface area (Å²) in [5.41, 5.74) is -1.12. The summed E-state index contributed by atoms with van der Waals surface area (Å²) < 4.78 is 55.1. The molecular formula is C20H20F4N6OS. The average molecular weight is 468 g/mol. The fraction of sp³-hybridized carbons (Fsp3) is 0.400. The topological polar surface area (TPSA) is 67.2 Å². The van der Waals surface area contributed by atoms with Gasteiger partial charge in [-0.15, -0.1) is 16.4 Å². The van der Waals surface area contributed by atoms with E-state index in [4.69, 9.17) is 0 Å². The second-order valence-corrected chi connectivity index (χ2v) is 8.27. The highest BCUT2D eigenvalue weighted by Gasteiger charge is 2.43. The first-order valence-corrected chi connectivity index (χ1v) is 10.9. The minimum Gasteiger partial charge on any atom is -0.335 e. The third-order valence-corrected chi connectivity index (χ3v) is 6.20. The summed E-state index contributed by atoms with van der Waals surface area (Å²) in [5, 5.41) is 10.1. The van der Waals surface area contributed by atoms with Gasteiger partial charge in [-0.1, -0.05) is 12.1 Å². The van der Waals surface area contributed by atoms with Crippen LogP contribution in [-0.2, 0) is 19.1 Å². The SMILES string of the molecule is CCc1nc(CN2CCN(C(=O)c3nnn(-c4ccc(F)cc4)c3C(F)(F)F)CC2)cs1. The van der Waals surface area contributed by atoms with E-state index in [9.17, 15) is 22.4 Å². The lowest BCUT2D eigenvalue weighted by atomic mass is 10.2. The fourth-order valence-corrected chi connectivity index (χ4v) is 4.25. The van der Waals surface area contributed by atoms with Gasteiger partial charge in [0.2, 0.25) is 0 Å². The summed E-state index contributed by atoms with van der Waals surface area (Å²) >= 11 is 1.60. The highest BCUT2D eigenvalue weighted by Crippen LogP contribution is 2.33. The molecule has 0 N–H and O–H groups in total. The first-order chi connectivity index (χ1) is 15.3. The summed E-state index contributed by atoms with van der Waals surface area (Å²) in [6.07, 6.45) is -4.00. The predicted octanol–water partition coefficient (Wildman–Crippen LogP) is 3.40. The second kappa shape index (κ2) is 8.94. The summed E-state index contributed by atoms with van der Waals surface area (Å²) in [7, 11) is 0. The summed E-state index contributed by atoms with van der Waals surface area (Å²) in [5.74, 6) is -1.42. The fourth-order valence-electron chi connectivity index (χ4n) is 3.52. The second-order valence-electron chi connectivity index (χ2n) is 7.33. The van der Waals surface area contributed by atoms with Gasteiger partial charge in [0.1, 0.15) is 5.82 Å². The number of nitrogens with zero attached hydrogens (tertiary/aromatic N) is 6. The number of rotatable bonds is 5. The van der Waals surface area contributed by atoms with Crippen molar-refractivity contribution in [3.05, 3.63) is 57.6 Å². The van der Waals surface area contributed by atoms with E-state index in [0.717, 1.165) is 41.4 Å². The average Bonchev–Trinajstić information content (AvgIpc) is 3.41. The molecule has 1 saturated heterocycles. The summed E-state index contributed by atoms with van der Waals surface area (Å²) in [6, 6.07) is 4.33. The standard InChI is InChI=1S/C20H20F4N6OS/c1-2-16-25-14(12-32-16)11-28-7-9-29(10-8-28)19(31)17-18(20(22,23)24)30(27-26-17)15-5-3-13(21)4-6-15/h3-6,12H,2,7-11H2,1H3. The maximum Gasteiger partial charge on any atom is 0.435 e. The van der Waals surface area contributed by atoms with Crippen LogP contribution in [0.3, 0.4) is 0 Å². The normalized spacial score (nSPS) is 15.3. The minimum atomic E-state index is -4.87. The lowest BCUT2D eigenvalue weighted by Crippen LogP contribution is -2.48. The van der Waals surface area contributed by atoms with E-state index in [1.807, 2.05) is 12.3 Å². The molecule has 3 heterocycles. The molecule has 1 aliphatic heterocycles. The highest BCUT2D eigenvalue weighted by atomic mass is 32.1. The molecule has 170 valence electrons. The molecule has 0 radical (unpaired) electrons. The number of aromatic nitrogens is 4. The molecule has 3 aromatic rings. The van der Waals surface area contributed by atoms with E-state index < -0.39 is 29.3 Å². The zero-order chi connectivity index (χ0) is 22.9. The van der Waals surface area contributed by atoms with Crippen LogP contribution < -0.4 is 0 Å². The van der Waals surface area contributed by atoms with E-state index in [1.54, 1.807) is 11.3 Å². The van der Waals surface area contributed by atoms with Gasteiger partial charge in [-0.2, -0.15) is 13.2 Å². The molecule has 12 heteroatoms. The number of benzene rings is 1. The Morgan fingerprint density at radius 1 is 1.12 bits per heavy atom. The lowest BCUT2D eigenvalue weighted by molar-refractivity contribution is -0.143. The largest absolute Gasteiger partial charge is 0.435 e. The molecule has 1 amide bonds. The molecule has 4 rings (SSSR count). The Kier molecular flexibility index (Phi) is 6.24. The van der Waals surface area contributed by atoms with Crippen molar-refractivity contribution in [3.8, 4) is 5.69 Å². The van der Waals surface area contributed by atoms with E-state index in [2.05, 4.69) is 20.2 Å². The smallest absolute Gasteiger partial charge is 0.335 e. The zero-order valence-corrected chi connectivity index (χ0v) is 18.0. The Labute approximate surface area is 185 Å². The van der Waals surface area contributed by atoms with Crippen molar-refractivity contribution in [1.82, 2.24) is 29.8 Å². The number of piperazine rings is 1. The van der Waals surface area contributed by atoms with E-state index in [0.29, 0.717) is 24.3 Å². The number of carbonyl (C=O) groups is 1. The number of thiazole rings is 1. The molecule has 1 fully saturated rings. The molecule has 0 atom stereocenters. The molecule has 2 aromatic heterocycles. The van der Waals surface area contributed by atoms with Crippen LogP contribution >= 0.6 is 11.3 Å². The van der Waals surface area contributed by atoms with Gasteiger partial charge in [-0.3, -0.25) is 9.69 Å². The Balaban J connectivity index is 1.49. The maximum atomic E-state index is 13.8. The van der Waals surface area contributed by atoms with Crippen LogP contribution in [0.15, 0.2) is 29.6 Å². The molecule has 32 heavy (non-hydrogen) atoms. The quantitative estimate of drug-likeness (QED) is 0.537. The van der Waals surface area contributed by atoms with E-state index >= 15 is 0 Å². The van der Waals surface area contributed by atoms with Crippen LogP contribution in [0.5, 0.6) is 0 Å². The molecule has 0 saturated carbocycles. The first kappa shape index (κ1) is 22.3.